The molecule has 0 rings (SSSR count). The van der Waals surface area contributed by atoms with Gasteiger partial charge in [-0.3, -0.25) is 19.2 Å². The average Bonchev–Trinajstić information content (AvgIpc) is 2.43. The van der Waals surface area contributed by atoms with Crippen LogP contribution in [0.2, 0.25) is 0 Å². The molecular weight excluding hydrogens is 304 g/mol. The summed E-state index contributed by atoms with van der Waals surface area (Å²) < 4.78 is 5.15. The first kappa shape index (κ1) is 20.9. The summed E-state index contributed by atoms with van der Waals surface area (Å²) in [4.78, 5) is 59.1. The third-order valence-corrected chi connectivity index (χ3v) is 4.24. The Morgan fingerprint density at radius 1 is 0.913 bits per heavy atom. The van der Waals surface area contributed by atoms with Gasteiger partial charge in [0.2, 0.25) is 5.60 Å². The van der Waals surface area contributed by atoms with Crippen molar-refractivity contribution in [2.45, 2.75) is 65.9 Å². The van der Waals surface area contributed by atoms with Gasteiger partial charge in [-0.15, -0.1) is 0 Å². The van der Waals surface area contributed by atoms with E-state index in [-0.39, 0.29) is 31.5 Å². The number of carboxylic acid groups (broad SMARTS) is 1. The summed E-state index contributed by atoms with van der Waals surface area (Å²) in [7, 11) is 0. The van der Waals surface area contributed by atoms with Crippen LogP contribution in [-0.4, -0.2) is 40.0 Å². The highest BCUT2D eigenvalue weighted by Crippen LogP contribution is 2.33. The second-order valence-corrected chi connectivity index (χ2v) is 5.63. The maximum atomic E-state index is 12.4. The maximum Gasteiger partial charge on any atom is 0.324 e. The molecule has 0 atom stereocenters. The zero-order chi connectivity index (χ0) is 18.4. The SMILES string of the molecule is CCC(CC)(C(=O)O)C(=O)OC(CCC(C)=O)(C(C)=O)C(C)=O. The van der Waals surface area contributed by atoms with Gasteiger partial charge in [0.1, 0.15) is 5.78 Å². The van der Waals surface area contributed by atoms with Crippen LogP contribution in [0.15, 0.2) is 0 Å². The van der Waals surface area contributed by atoms with Crippen molar-refractivity contribution in [3.05, 3.63) is 0 Å². The second-order valence-electron chi connectivity index (χ2n) is 5.63. The number of carboxylic acids is 1. The number of ketones is 3. The Morgan fingerprint density at radius 2 is 1.35 bits per heavy atom. The van der Waals surface area contributed by atoms with E-state index in [9.17, 15) is 29.1 Å². The minimum atomic E-state index is -2.12. The van der Waals surface area contributed by atoms with Gasteiger partial charge in [-0.25, -0.2) is 0 Å². The van der Waals surface area contributed by atoms with E-state index < -0.39 is 34.5 Å². The van der Waals surface area contributed by atoms with Crippen LogP contribution < -0.4 is 0 Å². The van der Waals surface area contributed by atoms with Crippen molar-refractivity contribution in [3.8, 4) is 0 Å². The molecule has 7 nitrogen and oxygen atoms in total. The first-order chi connectivity index (χ1) is 10.5. The van der Waals surface area contributed by atoms with Gasteiger partial charge in [0.05, 0.1) is 0 Å². The minimum absolute atomic E-state index is 0.0454. The summed E-state index contributed by atoms with van der Waals surface area (Å²) in [5.41, 5.74) is -3.94. The van der Waals surface area contributed by atoms with Crippen LogP contribution in [0.4, 0.5) is 0 Å². The highest BCUT2D eigenvalue weighted by molar-refractivity contribution is 6.11. The molecule has 0 aromatic carbocycles. The summed E-state index contributed by atoms with van der Waals surface area (Å²) in [6.45, 7) is 6.46. The van der Waals surface area contributed by atoms with Crippen LogP contribution in [0.25, 0.3) is 0 Å². The second kappa shape index (κ2) is 7.99. The Labute approximate surface area is 135 Å². The van der Waals surface area contributed by atoms with Gasteiger partial charge >= 0.3 is 11.9 Å². The van der Waals surface area contributed by atoms with E-state index in [2.05, 4.69) is 0 Å². The maximum absolute atomic E-state index is 12.4. The summed E-state index contributed by atoms with van der Waals surface area (Å²) in [5, 5.41) is 9.36. The van der Waals surface area contributed by atoms with Gasteiger partial charge < -0.3 is 14.6 Å². The van der Waals surface area contributed by atoms with E-state index in [1.54, 1.807) is 0 Å². The molecule has 1 N–H and O–H groups in total. The van der Waals surface area contributed by atoms with Crippen molar-refractivity contribution < 1.29 is 33.8 Å². The van der Waals surface area contributed by atoms with Crippen LogP contribution in [0.5, 0.6) is 0 Å². The van der Waals surface area contributed by atoms with E-state index in [0.29, 0.717) is 0 Å². The van der Waals surface area contributed by atoms with Gasteiger partial charge in [0.15, 0.2) is 17.0 Å². The predicted molar refractivity (Wildman–Crippen MR) is 80.8 cm³/mol. The number of hydrogen-bond acceptors (Lipinski definition) is 6. The van der Waals surface area contributed by atoms with Crippen LogP contribution in [0.1, 0.15) is 60.3 Å². The van der Waals surface area contributed by atoms with Crippen LogP contribution in [0, 0.1) is 5.41 Å². The van der Waals surface area contributed by atoms with Crippen LogP contribution in [0.3, 0.4) is 0 Å². The van der Waals surface area contributed by atoms with E-state index in [4.69, 9.17) is 4.74 Å². The molecule has 0 amide bonds. The van der Waals surface area contributed by atoms with Gasteiger partial charge in [-0.1, -0.05) is 13.8 Å². The zero-order valence-corrected chi connectivity index (χ0v) is 14.2. The molecule has 130 valence electrons. The van der Waals surface area contributed by atoms with Crippen molar-refractivity contribution in [1.29, 1.82) is 0 Å². The normalized spacial score (nSPS) is 11.7. The van der Waals surface area contributed by atoms with Gasteiger partial charge in [-0.05, 0) is 33.6 Å². The molecule has 0 aromatic rings. The topological polar surface area (TPSA) is 115 Å². The lowest BCUT2D eigenvalue weighted by atomic mass is 9.81. The molecule has 0 saturated carbocycles. The first-order valence-electron chi connectivity index (χ1n) is 7.48. The third kappa shape index (κ3) is 4.24. The number of Topliss-reactive ketones (excluding diaryl/α,β-unsaturated/α-hetero) is 3. The Bertz CT molecular complexity index is 501. The van der Waals surface area contributed by atoms with Crippen molar-refractivity contribution in [2.24, 2.45) is 5.41 Å². The largest absolute Gasteiger partial charge is 0.480 e. The molecule has 0 radical (unpaired) electrons. The number of carbonyl (C=O) groups is 5. The lowest BCUT2D eigenvalue weighted by Crippen LogP contribution is -2.52. The molecule has 0 aliphatic carbocycles. The fourth-order valence-corrected chi connectivity index (χ4v) is 2.33. The Kier molecular flexibility index (Phi) is 7.27. The number of carbonyl (C=O) groups excluding carboxylic acids is 4. The number of aliphatic carboxylic acids is 1. The number of hydrogen-bond donors (Lipinski definition) is 1. The van der Waals surface area contributed by atoms with Gasteiger partial charge in [0.25, 0.3) is 0 Å². The molecule has 0 unspecified atom stereocenters. The summed E-state index contributed by atoms with van der Waals surface area (Å²) in [6, 6.07) is 0. The molecule has 0 aliphatic rings. The van der Waals surface area contributed by atoms with Gasteiger partial charge in [-0.2, -0.15) is 0 Å². The highest BCUT2D eigenvalue weighted by atomic mass is 16.6. The number of esters is 1. The molecule has 0 fully saturated rings. The molecule has 0 saturated heterocycles. The van der Waals surface area contributed by atoms with E-state index in [1.807, 2.05) is 0 Å². The predicted octanol–water partition coefficient (Wildman–Crippen LogP) is 1.71. The van der Waals surface area contributed by atoms with Crippen molar-refractivity contribution in [1.82, 2.24) is 0 Å². The third-order valence-electron chi connectivity index (χ3n) is 4.24. The molecule has 7 heteroatoms. The Hall–Kier alpha value is -2.05. The fraction of sp³-hybridized carbons (Fsp3) is 0.688. The van der Waals surface area contributed by atoms with E-state index in [1.165, 1.54) is 20.8 Å². The van der Waals surface area contributed by atoms with Crippen molar-refractivity contribution in [2.75, 3.05) is 0 Å². The summed E-state index contributed by atoms with van der Waals surface area (Å²) in [6.07, 6.45) is -0.515. The number of ether oxygens (including phenoxy) is 1. The van der Waals surface area contributed by atoms with E-state index in [0.717, 1.165) is 13.8 Å². The Balaban J connectivity index is 5.82. The average molecular weight is 328 g/mol. The van der Waals surface area contributed by atoms with Crippen molar-refractivity contribution >= 4 is 29.3 Å². The van der Waals surface area contributed by atoms with E-state index >= 15 is 0 Å². The summed E-state index contributed by atoms with van der Waals surface area (Å²) >= 11 is 0. The lowest BCUT2D eigenvalue weighted by molar-refractivity contribution is -0.187. The summed E-state index contributed by atoms with van der Waals surface area (Å²) in [5.74, 6) is -4.25. The standard InChI is InChI=1S/C16H24O7/c1-6-15(7-2,13(20)21)14(22)23-16(11(4)18,12(5)19)9-8-10(3)17/h6-9H2,1-5H3,(H,20,21). The molecule has 0 aliphatic heterocycles. The van der Waals surface area contributed by atoms with Crippen molar-refractivity contribution in [3.63, 3.8) is 0 Å². The number of rotatable bonds is 10. The molecule has 23 heavy (non-hydrogen) atoms. The monoisotopic (exact) mass is 328 g/mol. The van der Waals surface area contributed by atoms with Crippen LogP contribution >= 0.6 is 0 Å². The zero-order valence-electron chi connectivity index (χ0n) is 14.2. The van der Waals surface area contributed by atoms with Gasteiger partial charge in [0, 0.05) is 12.8 Å². The highest BCUT2D eigenvalue weighted by Gasteiger charge is 2.51. The molecule has 0 heterocycles. The molecule has 0 spiro atoms. The smallest absolute Gasteiger partial charge is 0.324 e. The molecular formula is C16H24O7. The quantitative estimate of drug-likeness (QED) is 0.479. The fourth-order valence-electron chi connectivity index (χ4n) is 2.33. The minimum Gasteiger partial charge on any atom is -0.480 e. The lowest BCUT2D eigenvalue weighted by Gasteiger charge is -2.33. The molecule has 0 bridgehead atoms. The van der Waals surface area contributed by atoms with Crippen LogP contribution in [-0.2, 0) is 28.7 Å². The molecule has 0 aromatic heterocycles. The first-order valence-corrected chi connectivity index (χ1v) is 7.48. The Morgan fingerprint density at radius 3 is 1.61 bits per heavy atom.